The molecule has 1 saturated carbocycles. The van der Waals surface area contributed by atoms with Crippen LogP contribution >= 0.6 is 0 Å². The molecule has 0 aromatic heterocycles. The first kappa shape index (κ1) is 15.3. The van der Waals surface area contributed by atoms with Gasteiger partial charge in [-0.1, -0.05) is 18.9 Å². The minimum atomic E-state index is -0.981. The van der Waals surface area contributed by atoms with Crippen LogP contribution in [0.5, 0.6) is 0 Å². The number of rotatable bonds is 6. The lowest BCUT2D eigenvalue weighted by Gasteiger charge is -2.14. The Hall–Kier alpha value is -2.10. The molecule has 1 aromatic carbocycles. The number of benzene rings is 1. The average Bonchev–Trinajstić information content (AvgIpc) is 3.20. The Morgan fingerprint density at radius 2 is 2.14 bits per heavy atom. The molecular weight excluding hydrogens is 266 g/mol. The van der Waals surface area contributed by atoms with E-state index in [0.29, 0.717) is 5.56 Å². The average molecular weight is 287 g/mol. The zero-order valence-corrected chi connectivity index (χ0v) is 12.4. The molecule has 0 spiro atoms. The van der Waals surface area contributed by atoms with E-state index in [4.69, 9.17) is 5.11 Å². The zero-order valence-electron chi connectivity index (χ0n) is 12.4. The van der Waals surface area contributed by atoms with Gasteiger partial charge in [0.1, 0.15) is 0 Å². The van der Waals surface area contributed by atoms with E-state index >= 15 is 0 Å². The summed E-state index contributed by atoms with van der Waals surface area (Å²) in [6.45, 7) is 3.90. The van der Waals surface area contributed by atoms with Gasteiger partial charge in [-0.05, 0) is 55.5 Å². The summed E-state index contributed by atoms with van der Waals surface area (Å²) in [6.07, 6.45) is 6.24. The van der Waals surface area contributed by atoms with E-state index in [1.807, 2.05) is 13.8 Å². The van der Waals surface area contributed by atoms with Crippen LogP contribution in [0.1, 0.15) is 47.7 Å². The number of nitrogens with one attached hydrogen (secondary N) is 1. The van der Waals surface area contributed by atoms with Crippen molar-refractivity contribution >= 4 is 18.0 Å². The van der Waals surface area contributed by atoms with Gasteiger partial charge in [0.25, 0.3) is 5.91 Å². The number of carbonyl (C=O) groups excluding carboxylic acids is 1. The SMILES string of the molecule is Cc1cc(C(=O)NC(C)CC2CC2)ccc1/C=C/C(=O)O. The third kappa shape index (κ3) is 4.74. The Balaban J connectivity index is 2.00. The molecule has 112 valence electrons. The second-order valence-electron chi connectivity index (χ2n) is 5.80. The Morgan fingerprint density at radius 1 is 1.43 bits per heavy atom. The molecule has 1 amide bonds. The first-order valence-corrected chi connectivity index (χ1v) is 7.28. The van der Waals surface area contributed by atoms with Crippen molar-refractivity contribution in [3.63, 3.8) is 0 Å². The fourth-order valence-electron chi connectivity index (χ4n) is 2.38. The first-order valence-electron chi connectivity index (χ1n) is 7.28. The summed E-state index contributed by atoms with van der Waals surface area (Å²) in [4.78, 5) is 22.7. The third-order valence-corrected chi connectivity index (χ3v) is 3.70. The van der Waals surface area contributed by atoms with Crippen LogP contribution in [0.15, 0.2) is 24.3 Å². The highest BCUT2D eigenvalue weighted by Crippen LogP contribution is 2.33. The number of aryl methyl sites for hydroxylation is 1. The topological polar surface area (TPSA) is 66.4 Å². The van der Waals surface area contributed by atoms with Crippen LogP contribution in [0.3, 0.4) is 0 Å². The van der Waals surface area contributed by atoms with E-state index in [1.165, 1.54) is 18.9 Å². The maximum atomic E-state index is 12.2. The molecule has 1 fully saturated rings. The second kappa shape index (κ2) is 6.57. The molecule has 1 aliphatic rings. The number of hydrogen-bond donors (Lipinski definition) is 2. The molecule has 0 heterocycles. The molecule has 21 heavy (non-hydrogen) atoms. The van der Waals surface area contributed by atoms with Gasteiger partial charge in [-0.25, -0.2) is 4.79 Å². The number of carboxylic acids is 1. The monoisotopic (exact) mass is 287 g/mol. The van der Waals surface area contributed by atoms with Crippen molar-refractivity contribution < 1.29 is 14.7 Å². The molecule has 4 heteroatoms. The highest BCUT2D eigenvalue weighted by atomic mass is 16.4. The van der Waals surface area contributed by atoms with Crippen molar-refractivity contribution in [1.82, 2.24) is 5.32 Å². The number of amides is 1. The predicted molar refractivity (Wildman–Crippen MR) is 82.1 cm³/mol. The van der Waals surface area contributed by atoms with Crippen molar-refractivity contribution in [1.29, 1.82) is 0 Å². The molecule has 4 nitrogen and oxygen atoms in total. The Kier molecular flexibility index (Phi) is 4.78. The van der Waals surface area contributed by atoms with Crippen molar-refractivity contribution in [2.45, 2.75) is 39.2 Å². The summed E-state index contributed by atoms with van der Waals surface area (Å²) in [5.74, 6) is -0.268. The summed E-state index contributed by atoms with van der Waals surface area (Å²) in [6, 6.07) is 5.49. The van der Waals surface area contributed by atoms with Gasteiger partial charge in [-0.3, -0.25) is 4.79 Å². The molecular formula is C17H21NO3. The lowest BCUT2D eigenvalue weighted by molar-refractivity contribution is -0.131. The molecule has 0 bridgehead atoms. The van der Waals surface area contributed by atoms with Crippen LogP contribution < -0.4 is 5.32 Å². The van der Waals surface area contributed by atoms with Crippen LogP contribution in [-0.2, 0) is 4.79 Å². The van der Waals surface area contributed by atoms with E-state index in [2.05, 4.69) is 5.32 Å². The third-order valence-electron chi connectivity index (χ3n) is 3.70. The normalized spacial score (nSPS) is 15.9. The van der Waals surface area contributed by atoms with Gasteiger partial charge < -0.3 is 10.4 Å². The van der Waals surface area contributed by atoms with Crippen LogP contribution in [0.2, 0.25) is 0 Å². The lowest BCUT2D eigenvalue weighted by Crippen LogP contribution is -2.32. The second-order valence-corrected chi connectivity index (χ2v) is 5.80. The molecule has 1 atom stereocenters. The summed E-state index contributed by atoms with van der Waals surface area (Å²) in [5, 5.41) is 11.6. The smallest absolute Gasteiger partial charge is 0.328 e. The van der Waals surface area contributed by atoms with E-state index in [0.717, 1.165) is 29.5 Å². The number of hydrogen-bond acceptors (Lipinski definition) is 2. The Bertz CT molecular complexity index is 573. The fraction of sp³-hybridized carbons (Fsp3) is 0.412. The minimum Gasteiger partial charge on any atom is -0.478 e. The van der Waals surface area contributed by atoms with E-state index in [9.17, 15) is 9.59 Å². The summed E-state index contributed by atoms with van der Waals surface area (Å²) < 4.78 is 0. The van der Waals surface area contributed by atoms with Crippen molar-refractivity contribution in [2.75, 3.05) is 0 Å². The maximum Gasteiger partial charge on any atom is 0.328 e. The molecule has 2 rings (SSSR count). The summed E-state index contributed by atoms with van der Waals surface area (Å²) in [5.41, 5.74) is 2.30. The van der Waals surface area contributed by atoms with Gasteiger partial charge in [-0.2, -0.15) is 0 Å². The molecule has 0 saturated heterocycles. The summed E-state index contributed by atoms with van der Waals surface area (Å²) in [7, 11) is 0. The Morgan fingerprint density at radius 3 is 2.71 bits per heavy atom. The summed E-state index contributed by atoms with van der Waals surface area (Å²) >= 11 is 0. The number of carboxylic acid groups (broad SMARTS) is 1. The van der Waals surface area contributed by atoms with Crippen LogP contribution in [0, 0.1) is 12.8 Å². The van der Waals surface area contributed by atoms with Crippen LogP contribution in [0.25, 0.3) is 6.08 Å². The van der Waals surface area contributed by atoms with E-state index in [1.54, 1.807) is 18.2 Å². The van der Waals surface area contributed by atoms with Crippen molar-refractivity contribution in [3.8, 4) is 0 Å². The molecule has 2 N–H and O–H groups in total. The minimum absolute atomic E-state index is 0.0694. The maximum absolute atomic E-state index is 12.2. The molecule has 1 aromatic rings. The van der Waals surface area contributed by atoms with Gasteiger partial charge in [0.05, 0.1) is 0 Å². The molecule has 0 aliphatic heterocycles. The number of carbonyl (C=O) groups is 2. The number of aliphatic carboxylic acids is 1. The van der Waals surface area contributed by atoms with Gasteiger partial charge in [0, 0.05) is 17.7 Å². The highest BCUT2D eigenvalue weighted by molar-refractivity contribution is 5.95. The van der Waals surface area contributed by atoms with Gasteiger partial charge in [0.15, 0.2) is 0 Å². The molecule has 0 radical (unpaired) electrons. The van der Waals surface area contributed by atoms with Crippen molar-refractivity contribution in [2.24, 2.45) is 5.92 Å². The largest absolute Gasteiger partial charge is 0.478 e. The Labute approximate surface area is 124 Å². The van der Waals surface area contributed by atoms with E-state index < -0.39 is 5.97 Å². The molecule has 1 unspecified atom stereocenters. The lowest BCUT2D eigenvalue weighted by atomic mass is 10.0. The first-order chi connectivity index (χ1) is 9.95. The van der Waals surface area contributed by atoms with Gasteiger partial charge in [0.2, 0.25) is 0 Å². The fourth-order valence-corrected chi connectivity index (χ4v) is 2.38. The van der Waals surface area contributed by atoms with Gasteiger partial charge in [-0.15, -0.1) is 0 Å². The quantitative estimate of drug-likeness (QED) is 0.790. The zero-order chi connectivity index (χ0) is 15.4. The van der Waals surface area contributed by atoms with Crippen LogP contribution in [0.4, 0.5) is 0 Å². The van der Waals surface area contributed by atoms with E-state index in [-0.39, 0.29) is 11.9 Å². The molecule has 1 aliphatic carbocycles. The van der Waals surface area contributed by atoms with Crippen LogP contribution in [-0.4, -0.2) is 23.0 Å². The highest BCUT2D eigenvalue weighted by Gasteiger charge is 2.24. The standard InChI is InChI=1S/C17H21NO3/c1-11-9-15(6-5-14(11)7-8-16(19)20)17(21)18-12(2)10-13-3-4-13/h5-9,12-13H,3-4,10H2,1-2H3,(H,18,21)(H,19,20)/b8-7+. The van der Waals surface area contributed by atoms with Crippen molar-refractivity contribution in [3.05, 3.63) is 41.0 Å². The predicted octanol–water partition coefficient (Wildman–Crippen LogP) is 3.01. The van der Waals surface area contributed by atoms with Gasteiger partial charge >= 0.3 is 5.97 Å².